The quantitative estimate of drug-likeness (QED) is 0.394. The maximum absolute atomic E-state index is 13.1. The molecule has 36 heavy (non-hydrogen) atoms. The van der Waals surface area contributed by atoms with Crippen molar-refractivity contribution in [2.45, 2.75) is 35.9 Å². The molecule has 5 nitrogen and oxygen atoms in total. The smallest absolute Gasteiger partial charge is 0.380 e. The summed E-state index contributed by atoms with van der Waals surface area (Å²) >= 11 is 0. The minimum Gasteiger partial charge on any atom is -0.380 e. The van der Waals surface area contributed by atoms with Crippen molar-refractivity contribution in [1.29, 1.82) is 5.26 Å². The molecule has 0 aromatic carbocycles. The molecule has 1 aliphatic rings. The molecule has 1 saturated carbocycles. The molecule has 18 heteroatoms. The van der Waals surface area contributed by atoms with Crippen LogP contribution in [-0.4, -0.2) is 20.2 Å². The van der Waals surface area contributed by atoms with E-state index in [9.17, 15) is 68.2 Å². The predicted octanol–water partition coefficient (Wildman–Crippen LogP) is 4.78. The summed E-state index contributed by atoms with van der Waals surface area (Å²) in [6.07, 6.45) is -22.3. The monoisotopic (exact) mass is 581 g/mol. The van der Waals surface area contributed by atoms with Gasteiger partial charge < -0.3 is 10.2 Å². The Kier molecular flexibility index (Phi) is 6.97. The first-order chi connectivity index (χ1) is 15.6. The van der Waals surface area contributed by atoms with Crippen LogP contribution in [0.4, 0.5) is 52.7 Å². The predicted molar refractivity (Wildman–Crippen MR) is 85.4 cm³/mol. The molecule has 2 aromatic heterocycles. The molecule has 2 aromatic rings. The molecule has 0 amide bonds. The van der Waals surface area contributed by atoms with E-state index in [1.807, 2.05) is 0 Å². The van der Waals surface area contributed by atoms with Crippen molar-refractivity contribution in [2.24, 2.45) is 5.92 Å². The Morgan fingerprint density at radius 1 is 0.611 bits per heavy atom. The van der Waals surface area contributed by atoms with Crippen molar-refractivity contribution in [3.63, 3.8) is 0 Å². The fraction of sp³-hybridized carbons (Fsp3) is 0.389. The number of hydrogen-bond donors (Lipinski definition) is 2. The van der Waals surface area contributed by atoms with Gasteiger partial charge in [-0.25, -0.2) is 9.97 Å². The minimum absolute atomic E-state index is 0. The van der Waals surface area contributed by atoms with E-state index in [2.05, 4.69) is 9.97 Å². The van der Waals surface area contributed by atoms with Crippen LogP contribution < -0.4 is 0 Å². The van der Waals surface area contributed by atoms with Crippen molar-refractivity contribution < 1.29 is 80.0 Å². The third-order valence-corrected chi connectivity index (χ3v) is 5.16. The van der Waals surface area contributed by atoms with Crippen molar-refractivity contribution in [3.8, 4) is 6.07 Å². The van der Waals surface area contributed by atoms with Gasteiger partial charge in [0.05, 0.1) is 6.07 Å². The second-order valence-electron chi connectivity index (χ2n) is 7.34. The Hall–Kier alpha value is -2.61. The molecule has 198 valence electrons. The van der Waals surface area contributed by atoms with E-state index in [1.165, 1.54) is 0 Å². The molecule has 0 saturated heterocycles. The average Bonchev–Trinajstić information content (AvgIpc) is 3.21. The van der Waals surface area contributed by atoms with Crippen LogP contribution in [0.2, 0.25) is 0 Å². The van der Waals surface area contributed by atoms with Gasteiger partial charge in [0.25, 0.3) is 0 Å². The maximum atomic E-state index is 13.1. The third kappa shape index (κ3) is 4.72. The first kappa shape index (κ1) is 29.6. The van der Waals surface area contributed by atoms with Crippen molar-refractivity contribution in [1.82, 2.24) is 9.97 Å². The van der Waals surface area contributed by atoms with E-state index < -0.39 is 75.7 Å². The van der Waals surface area contributed by atoms with Crippen LogP contribution in [0.3, 0.4) is 0 Å². The summed E-state index contributed by atoms with van der Waals surface area (Å²) in [6, 6.07) is 0.227. The summed E-state index contributed by atoms with van der Waals surface area (Å²) in [6.45, 7) is 0. The Bertz CT molecular complexity index is 1070. The van der Waals surface area contributed by atoms with Crippen LogP contribution in [-0.2, 0) is 53.0 Å². The van der Waals surface area contributed by atoms with E-state index in [-0.39, 0.29) is 41.3 Å². The van der Waals surface area contributed by atoms with Crippen molar-refractivity contribution in [3.05, 3.63) is 58.2 Å². The van der Waals surface area contributed by atoms with E-state index >= 15 is 0 Å². The number of pyridine rings is 2. The van der Waals surface area contributed by atoms with Gasteiger partial charge in [-0.3, -0.25) is 0 Å². The summed E-state index contributed by atoms with van der Waals surface area (Å²) in [5.74, 6) is -2.48. The van der Waals surface area contributed by atoms with E-state index in [1.54, 1.807) is 0 Å². The van der Waals surface area contributed by atoms with Gasteiger partial charge in [0, 0.05) is 17.1 Å². The van der Waals surface area contributed by atoms with Gasteiger partial charge in [0.1, 0.15) is 39.9 Å². The normalized spacial score (nSPS) is 24.6. The maximum Gasteiger partial charge on any atom is 0.433 e. The van der Waals surface area contributed by atoms with Gasteiger partial charge in [0.15, 0.2) is 0 Å². The number of nitriles is 1. The number of hydrogen-bond acceptors (Lipinski definition) is 5. The van der Waals surface area contributed by atoms with Gasteiger partial charge >= 0.3 is 24.7 Å². The van der Waals surface area contributed by atoms with Crippen LogP contribution in [0.15, 0.2) is 24.3 Å². The van der Waals surface area contributed by atoms with Gasteiger partial charge in [-0.1, -0.05) is 0 Å². The molecule has 1 fully saturated rings. The topological polar surface area (TPSA) is 90.0 Å². The molecule has 1 aliphatic carbocycles. The molecule has 3 atom stereocenters. The van der Waals surface area contributed by atoms with Crippen LogP contribution >= 0.6 is 0 Å². The van der Waals surface area contributed by atoms with E-state index in [0.717, 1.165) is 6.07 Å². The largest absolute Gasteiger partial charge is 0.433 e. The molecule has 0 aliphatic heterocycles. The number of aliphatic hydroxyl groups is 2. The summed E-state index contributed by atoms with van der Waals surface area (Å²) in [5, 5.41) is 30.8. The molecular weight excluding hydrogens is 574 g/mol. The van der Waals surface area contributed by atoms with Gasteiger partial charge in [-0.2, -0.15) is 57.9 Å². The summed E-state index contributed by atoms with van der Waals surface area (Å²) in [7, 11) is 0. The fourth-order valence-electron chi connectivity index (χ4n) is 3.49. The fourth-order valence-corrected chi connectivity index (χ4v) is 3.49. The number of aromatic nitrogens is 2. The van der Waals surface area contributed by atoms with Crippen LogP contribution in [0, 0.1) is 17.2 Å². The molecule has 0 bridgehead atoms. The molecule has 3 rings (SSSR count). The molecule has 2 unspecified atom stereocenters. The van der Waals surface area contributed by atoms with Gasteiger partial charge in [0.2, 0.25) is 0 Å². The number of halogens is 12. The Morgan fingerprint density at radius 3 is 1.00 bits per heavy atom. The standard InChI is InChI=1S/C18H7F12N3O2.Fe/c19-15(20,21)9-1-6(2-10(32-9)16(22,23)24)13(34)8(5-31)14(13,35)7-3-11(17(25,26)27)33-12(4-7)18(28,29)30;/h1-4,8,34-35H;/t8?,13-,14?;/m0./s1. The van der Waals surface area contributed by atoms with Crippen molar-refractivity contribution in [2.75, 3.05) is 0 Å². The average molecular weight is 581 g/mol. The third-order valence-electron chi connectivity index (χ3n) is 5.16. The zero-order chi connectivity index (χ0) is 27.0. The summed E-state index contributed by atoms with van der Waals surface area (Å²) in [4.78, 5) is 4.70. The Labute approximate surface area is 201 Å². The zero-order valence-electron chi connectivity index (χ0n) is 16.5. The molecule has 0 spiro atoms. The number of alkyl halides is 12. The molecule has 0 radical (unpaired) electrons. The van der Waals surface area contributed by atoms with E-state index in [0.29, 0.717) is 0 Å². The Morgan fingerprint density at radius 2 is 0.833 bits per heavy atom. The molecular formula is C18H7F12FeN3O2. The summed E-state index contributed by atoms with van der Waals surface area (Å²) < 4.78 is 157. The molecule has 2 N–H and O–H groups in total. The van der Waals surface area contributed by atoms with Gasteiger partial charge in [-0.15, -0.1) is 0 Å². The Balaban J connectivity index is 0.00000456. The summed E-state index contributed by atoms with van der Waals surface area (Å²) in [5.41, 5.74) is -19.0. The first-order valence-electron chi connectivity index (χ1n) is 8.76. The van der Waals surface area contributed by atoms with Crippen molar-refractivity contribution >= 4 is 0 Å². The number of rotatable bonds is 2. The SMILES string of the molecule is N#CC1C(O)(c2cc(C(F)(F)F)nc(C(F)(F)F)c2)[C@]1(O)c1cc(C(F)(F)F)nc(C(F)(F)F)c1.[Fe]. The number of nitrogens with zero attached hydrogens (tertiary/aromatic N) is 3. The van der Waals surface area contributed by atoms with Crippen LogP contribution in [0.1, 0.15) is 33.9 Å². The van der Waals surface area contributed by atoms with Crippen LogP contribution in [0.5, 0.6) is 0 Å². The van der Waals surface area contributed by atoms with Crippen LogP contribution in [0.25, 0.3) is 0 Å². The molecule has 2 heterocycles. The van der Waals surface area contributed by atoms with E-state index in [4.69, 9.17) is 0 Å². The van der Waals surface area contributed by atoms with Gasteiger partial charge in [-0.05, 0) is 35.4 Å². The zero-order valence-corrected chi connectivity index (χ0v) is 17.6. The minimum atomic E-state index is -5.56. The second-order valence-corrected chi connectivity index (χ2v) is 7.34. The second kappa shape index (κ2) is 8.47. The first-order valence-corrected chi connectivity index (χ1v) is 8.76.